The highest BCUT2D eigenvalue weighted by atomic mass is 15.2. The molecule has 0 N–H and O–H groups in total. The predicted molar refractivity (Wildman–Crippen MR) is 340 cm³/mol. The van der Waals surface area contributed by atoms with E-state index in [1.165, 1.54) is 105 Å². The van der Waals surface area contributed by atoms with Gasteiger partial charge in [0.15, 0.2) is 0 Å². The van der Waals surface area contributed by atoms with Gasteiger partial charge in [0.1, 0.15) is 0 Å². The maximum Gasteiger partial charge on any atom is 0.0754 e. The van der Waals surface area contributed by atoms with Gasteiger partial charge in [0.2, 0.25) is 0 Å². The molecule has 2 heteroatoms. The van der Waals surface area contributed by atoms with Crippen LogP contribution in [0.25, 0.3) is 83.1 Å². The van der Waals surface area contributed by atoms with Crippen LogP contribution in [0, 0.1) is 0 Å². The van der Waals surface area contributed by atoms with Crippen molar-refractivity contribution >= 4 is 38.9 Å². The smallest absolute Gasteiger partial charge is 0.0754 e. The van der Waals surface area contributed by atoms with Crippen molar-refractivity contribution in [3.63, 3.8) is 0 Å². The number of para-hydroxylation sites is 5. The number of hydrogen-bond donors (Lipinski definition) is 0. The van der Waals surface area contributed by atoms with Crippen molar-refractivity contribution in [2.75, 3.05) is 4.90 Å². The Morgan fingerprint density at radius 3 is 1.46 bits per heavy atom. The summed E-state index contributed by atoms with van der Waals surface area (Å²) in [6.07, 6.45) is 0. The van der Waals surface area contributed by atoms with E-state index in [4.69, 9.17) is 0 Å². The van der Waals surface area contributed by atoms with Crippen LogP contribution >= 0.6 is 0 Å². The summed E-state index contributed by atoms with van der Waals surface area (Å²) >= 11 is 0. The molecule has 0 fully saturated rings. The van der Waals surface area contributed by atoms with Gasteiger partial charge in [0.05, 0.1) is 44.6 Å². The largest absolute Gasteiger partial charge is 0.309 e. The molecule has 13 aromatic carbocycles. The normalized spacial score (nSPS) is 14.7. The first-order chi connectivity index (χ1) is 40.7. The first-order valence-corrected chi connectivity index (χ1v) is 28.6. The summed E-state index contributed by atoms with van der Waals surface area (Å²) in [6, 6.07) is 118. The molecule has 0 amide bonds. The summed E-state index contributed by atoms with van der Waals surface area (Å²) in [5.41, 5.74) is 28.0. The second-order valence-corrected chi connectivity index (χ2v) is 22.2. The zero-order valence-electron chi connectivity index (χ0n) is 44.9. The Morgan fingerprint density at radius 2 is 0.732 bits per heavy atom. The Balaban J connectivity index is 0.948. The van der Waals surface area contributed by atoms with Crippen molar-refractivity contribution in [2.24, 2.45) is 0 Å². The second-order valence-electron chi connectivity index (χ2n) is 22.2. The number of aromatic nitrogens is 1. The zero-order chi connectivity index (χ0) is 53.9. The van der Waals surface area contributed by atoms with Gasteiger partial charge >= 0.3 is 0 Å². The second kappa shape index (κ2) is 18.0. The highest BCUT2D eigenvalue weighted by Crippen LogP contribution is 2.63. The molecule has 1 atom stereocenters. The Bertz CT molecular complexity index is 4840. The molecule has 1 aliphatic heterocycles. The minimum Gasteiger partial charge on any atom is -0.309 e. The third kappa shape index (κ3) is 6.35. The molecular weight excluding hydrogens is 989 g/mol. The van der Waals surface area contributed by atoms with Gasteiger partial charge in [-0.3, -0.25) is 0 Å². The van der Waals surface area contributed by atoms with E-state index >= 15 is 0 Å². The van der Waals surface area contributed by atoms with Crippen molar-refractivity contribution in [1.29, 1.82) is 0 Å². The lowest BCUT2D eigenvalue weighted by Gasteiger charge is -2.39. The highest BCUT2D eigenvalue weighted by molar-refractivity contribution is 6.13. The molecule has 1 aromatic heterocycles. The molecule has 0 saturated heterocycles. The van der Waals surface area contributed by atoms with E-state index in [9.17, 15) is 0 Å². The Morgan fingerprint density at radius 1 is 0.256 bits per heavy atom. The van der Waals surface area contributed by atoms with Gasteiger partial charge < -0.3 is 9.47 Å². The summed E-state index contributed by atoms with van der Waals surface area (Å²) < 4.78 is 2.53. The molecule has 3 aliphatic rings. The third-order valence-electron chi connectivity index (χ3n) is 18.3. The summed E-state index contributed by atoms with van der Waals surface area (Å²) in [4.78, 5) is 2.59. The fourth-order valence-electron chi connectivity index (χ4n) is 15.1. The van der Waals surface area contributed by atoms with Crippen molar-refractivity contribution in [3.8, 4) is 61.3 Å². The van der Waals surface area contributed by atoms with Crippen LogP contribution in [-0.4, -0.2) is 4.57 Å². The van der Waals surface area contributed by atoms with Gasteiger partial charge in [-0.15, -0.1) is 0 Å². The molecule has 2 heterocycles. The van der Waals surface area contributed by atoms with E-state index in [1.807, 2.05) is 0 Å². The van der Waals surface area contributed by atoms with Gasteiger partial charge in [-0.1, -0.05) is 273 Å². The fourth-order valence-corrected chi connectivity index (χ4v) is 15.1. The van der Waals surface area contributed by atoms with E-state index < -0.39 is 10.8 Å². The van der Waals surface area contributed by atoms with Crippen LogP contribution in [0.4, 0.5) is 17.1 Å². The number of anilines is 3. The van der Waals surface area contributed by atoms with Crippen LogP contribution < -0.4 is 4.90 Å². The van der Waals surface area contributed by atoms with Crippen LogP contribution in [0.1, 0.15) is 44.5 Å². The zero-order valence-corrected chi connectivity index (χ0v) is 44.9. The van der Waals surface area contributed by atoms with E-state index in [2.05, 4.69) is 325 Å². The Hall–Kier alpha value is -10.5. The predicted octanol–water partition coefficient (Wildman–Crippen LogP) is 20.3. The summed E-state index contributed by atoms with van der Waals surface area (Å²) in [7, 11) is 0. The summed E-state index contributed by atoms with van der Waals surface area (Å²) in [5.74, 6) is 0. The van der Waals surface area contributed by atoms with E-state index in [0.29, 0.717) is 0 Å². The minimum absolute atomic E-state index is 0.590. The van der Waals surface area contributed by atoms with Crippen LogP contribution in [-0.2, 0) is 10.8 Å². The van der Waals surface area contributed by atoms with Crippen LogP contribution in [0.15, 0.2) is 315 Å². The van der Waals surface area contributed by atoms with E-state index in [-0.39, 0.29) is 0 Å². The Kier molecular flexibility index (Phi) is 10.2. The lowest BCUT2D eigenvalue weighted by molar-refractivity contribution is 0.749. The first kappa shape index (κ1) is 46.4. The van der Waals surface area contributed by atoms with Gasteiger partial charge in [0.25, 0.3) is 0 Å². The molecule has 82 heavy (non-hydrogen) atoms. The van der Waals surface area contributed by atoms with Crippen molar-refractivity contribution < 1.29 is 0 Å². The average Bonchev–Trinajstić information content (AvgIpc) is 4.23. The molecule has 14 aromatic rings. The lowest BCUT2D eigenvalue weighted by atomic mass is 9.65. The molecule has 2 nitrogen and oxygen atoms in total. The molecular formula is C80H52N2. The molecule has 17 rings (SSSR count). The Labute approximate surface area is 477 Å². The molecule has 1 unspecified atom stereocenters. The molecule has 0 bridgehead atoms. The van der Waals surface area contributed by atoms with Gasteiger partial charge in [-0.25, -0.2) is 0 Å². The molecule has 382 valence electrons. The quantitative estimate of drug-likeness (QED) is 0.147. The van der Waals surface area contributed by atoms with Crippen molar-refractivity contribution in [1.82, 2.24) is 4.57 Å². The number of benzene rings is 13. The van der Waals surface area contributed by atoms with Crippen LogP contribution in [0.3, 0.4) is 0 Å². The van der Waals surface area contributed by atoms with Crippen LogP contribution in [0.2, 0.25) is 0 Å². The SMILES string of the molecule is c1ccc(-c2cccc(-c3ccccc3N(c3ccccc3-c3ccc4c(c3)C3(c5ccccc5-4)c4ccccc4-n4c5ccccc5c5cccc3c54)c3cccc4c3-c3ccccc3C4(c3ccccc3)c3ccccc3)c2)cc1. The summed E-state index contributed by atoms with van der Waals surface area (Å²) in [5, 5.41) is 2.55. The number of nitrogens with zero attached hydrogens (tertiary/aromatic N) is 2. The maximum atomic E-state index is 2.59. The lowest BCUT2D eigenvalue weighted by Crippen LogP contribution is -2.33. The maximum absolute atomic E-state index is 2.59. The molecule has 0 radical (unpaired) electrons. The van der Waals surface area contributed by atoms with Gasteiger partial charge in [0, 0.05) is 27.5 Å². The van der Waals surface area contributed by atoms with E-state index in [1.54, 1.807) is 0 Å². The fraction of sp³-hybridized carbons (Fsp3) is 0.0250. The number of rotatable bonds is 8. The van der Waals surface area contributed by atoms with E-state index in [0.717, 1.165) is 39.3 Å². The third-order valence-corrected chi connectivity index (χ3v) is 18.3. The van der Waals surface area contributed by atoms with Gasteiger partial charge in [-0.05, 0) is 126 Å². The van der Waals surface area contributed by atoms with Crippen molar-refractivity contribution in [3.05, 3.63) is 360 Å². The first-order valence-electron chi connectivity index (χ1n) is 28.6. The highest BCUT2D eigenvalue weighted by Gasteiger charge is 2.51. The van der Waals surface area contributed by atoms with Crippen molar-refractivity contribution in [2.45, 2.75) is 10.8 Å². The average molecular weight is 1040 g/mol. The molecule has 0 saturated carbocycles. The standard InChI is InChI=1S/C80H52N2/c1-4-25-53(26-5-1)54-27-22-28-55(51-54)59-33-12-18-44-72(59)81(76-48-24-42-69-77(76)65-37-11-16-40-67(65)79(69,57-29-6-2-7-30-57)58-31-8-3-9-32-58)73-45-19-13-34-60(73)56-49-50-62-61-35-10-15-39-66(61)80(71(62)52-56)68-41-17-21-47-75(68)82-74-46-20-14-36-63(74)64-38-23-43-70(80)78(64)82/h1-52H. The number of hydrogen-bond acceptors (Lipinski definition) is 1. The monoisotopic (exact) mass is 1040 g/mol. The molecule has 1 spiro atoms. The number of fused-ring (bicyclic) bond motifs is 15. The van der Waals surface area contributed by atoms with Crippen LogP contribution in [0.5, 0.6) is 0 Å². The molecule has 2 aliphatic carbocycles. The summed E-state index contributed by atoms with van der Waals surface area (Å²) in [6.45, 7) is 0. The minimum atomic E-state index is -0.602. The van der Waals surface area contributed by atoms with Gasteiger partial charge in [-0.2, -0.15) is 0 Å². The topological polar surface area (TPSA) is 8.17 Å².